The molecule has 0 unspecified atom stereocenters. The monoisotopic (exact) mass is 390 g/mol. The lowest BCUT2D eigenvalue weighted by molar-refractivity contribution is 0.316. The highest BCUT2D eigenvalue weighted by Crippen LogP contribution is 2.12. The lowest BCUT2D eigenvalue weighted by Crippen LogP contribution is -2.02. The van der Waals surface area contributed by atoms with E-state index in [4.69, 9.17) is 10.4 Å². The Bertz CT molecular complexity index is 662. The van der Waals surface area contributed by atoms with Gasteiger partial charge in [-0.05, 0) is 59.0 Å². The molecule has 0 aliphatic carbocycles. The minimum Gasteiger partial charge on any atom is -0.411 e. The molecule has 0 atom stereocenters. The van der Waals surface area contributed by atoms with Crippen molar-refractivity contribution in [2.45, 2.75) is 27.7 Å². The van der Waals surface area contributed by atoms with Gasteiger partial charge in [0.1, 0.15) is 0 Å². The summed E-state index contributed by atoms with van der Waals surface area (Å²) in [5.41, 5.74) is 1.40. The Morgan fingerprint density at radius 3 is 1.42 bits per heavy atom. The fourth-order valence-electron chi connectivity index (χ4n) is 1.79. The summed E-state index contributed by atoms with van der Waals surface area (Å²) in [6.45, 7) is 7.98. The van der Waals surface area contributed by atoms with Crippen LogP contribution in [0.1, 0.15) is 37.4 Å². The first-order chi connectivity index (χ1) is 12.5. The van der Waals surface area contributed by atoms with Crippen molar-refractivity contribution in [3.63, 3.8) is 0 Å². The van der Waals surface area contributed by atoms with Gasteiger partial charge in [0, 0.05) is 9.75 Å². The minimum absolute atomic E-state index is 0.251. The van der Waals surface area contributed by atoms with Crippen molar-refractivity contribution in [3.05, 3.63) is 56.9 Å². The molecular formula is C20H26N2O2S2. The van der Waals surface area contributed by atoms with Crippen LogP contribution in [0.3, 0.4) is 0 Å². The molecule has 0 spiro atoms. The number of allylic oxidation sites excluding steroid dienone is 2. The van der Waals surface area contributed by atoms with Gasteiger partial charge in [-0.2, -0.15) is 0 Å². The van der Waals surface area contributed by atoms with Gasteiger partial charge in [0.25, 0.3) is 0 Å². The van der Waals surface area contributed by atoms with E-state index in [1.165, 1.54) is 9.75 Å². The summed E-state index contributed by atoms with van der Waals surface area (Å²) in [5.74, 6) is 0.502. The summed E-state index contributed by atoms with van der Waals surface area (Å²) >= 11 is 3.33. The summed E-state index contributed by atoms with van der Waals surface area (Å²) in [4.78, 5) is 2.34. The molecule has 140 valence electrons. The van der Waals surface area contributed by atoms with Gasteiger partial charge in [-0.25, -0.2) is 0 Å². The SMILES string of the molecule is CC(C)C(C=Cc1cccs1)=NO.CC(C)C(C=Cc1cccs1)=NO. The summed E-state index contributed by atoms with van der Waals surface area (Å²) in [6.07, 6.45) is 7.60. The average Bonchev–Trinajstić information content (AvgIpc) is 3.29. The summed E-state index contributed by atoms with van der Waals surface area (Å²) < 4.78 is 0. The smallest absolute Gasteiger partial charge is 0.0821 e. The third kappa shape index (κ3) is 8.27. The van der Waals surface area contributed by atoms with Gasteiger partial charge in [0.15, 0.2) is 0 Å². The van der Waals surface area contributed by atoms with Crippen LogP contribution >= 0.6 is 22.7 Å². The number of thiophene rings is 2. The lowest BCUT2D eigenvalue weighted by Gasteiger charge is -2.00. The summed E-state index contributed by atoms with van der Waals surface area (Å²) in [6, 6.07) is 8.04. The van der Waals surface area contributed by atoms with Gasteiger partial charge in [0.05, 0.1) is 11.4 Å². The fraction of sp³-hybridized carbons (Fsp3) is 0.300. The Balaban J connectivity index is 0.000000260. The number of oxime groups is 2. The van der Waals surface area contributed by atoms with Crippen LogP contribution in [0.25, 0.3) is 12.2 Å². The lowest BCUT2D eigenvalue weighted by atomic mass is 10.1. The van der Waals surface area contributed by atoms with E-state index in [-0.39, 0.29) is 11.8 Å². The third-order valence-electron chi connectivity index (χ3n) is 3.34. The first kappa shape index (κ1) is 21.9. The summed E-state index contributed by atoms with van der Waals surface area (Å²) in [7, 11) is 0. The molecule has 6 heteroatoms. The van der Waals surface area contributed by atoms with E-state index in [0.717, 1.165) is 0 Å². The molecule has 2 rings (SSSR count). The zero-order valence-corrected chi connectivity index (χ0v) is 17.2. The maximum absolute atomic E-state index is 8.67. The Hall–Kier alpha value is -2.18. The Kier molecular flexibility index (Phi) is 10.3. The molecule has 0 aliphatic heterocycles. The molecule has 0 radical (unpaired) electrons. The molecule has 2 aromatic heterocycles. The first-order valence-electron chi connectivity index (χ1n) is 8.35. The second kappa shape index (κ2) is 12.2. The van der Waals surface area contributed by atoms with Crippen LogP contribution in [0, 0.1) is 11.8 Å². The highest BCUT2D eigenvalue weighted by molar-refractivity contribution is 7.11. The van der Waals surface area contributed by atoms with Crippen molar-refractivity contribution in [3.8, 4) is 0 Å². The predicted octanol–water partition coefficient (Wildman–Crippen LogP) is 6.50. The van der Waals surface area contributed by atoms with Crippen molar-refractivity contribution >= 4 is 46.2 Å². The van der Waals surface area contributed by atoms with Crippen LogP contribution in [0.2, 0.25) is 0 Å². The van der Waals surface area contributed by atoms with Gasteiger partial charge in [-0.3, -0.25) is 0 Å². The molecule has 0 bridgehead atoms. The van der Waals surface area contributed by atoms with Gasteiger partial charge in [-0.15, -0.1) is 22.7 Å². The Labute approximate surface area is 163 Å². The quantitative estimate of drug-likeness (QED) is 0.336. The maximum Gasteiger partial charge on any atom is 0.0821 e. The average molecular weight is 391 g/mol. The predicted molar refractivity (Wildman–Crippen MR) is 115 cm³/mol. The van der Waals surface area contributed by atoms with E-state index in [2.05, 4.69) is 10.3 Å². The van der Waals surface area contributed by atoms with E-state index in [1.54, 1.807) is 22.7 Å². The number of nitrogens with zero attached hydrogens (tertiary/aromatic N) is 2. The number of hydrogen-bond donors (Lipinski definition) is 2. The Morgan fingerprint density at radius 1 is 0.808 bits per heavy atom. The first-order valence-corrected chi connectivity index (χ1v) is 10.1. The zero-order chi connectivity index (χ0) is 19.4. The number of rotatable bonds is 6. The highest BCUT2D eigenvalue weighted by atomic mass is 32.1. The van der Waals surface area contributed by atoms with Crippen molar-refractivity contribution < 1.29 is 10.4 Å². The van der Waals surface area contributed by atoms with Gasteiger partial charge in [0.2, 0.25) is 0 Å². The molecule has 0 saturated heterocycles. The molecule has 2 heterocycles. The standard InChI is InChI=1S/2C10H13NOS/c2*1-8(2)10(11-12)6-5-9-4-3-7-13-9/h2*3-8,12H,1-2H3. The minimum atomic E-state index is 0.251. The van der Waals surface area contributed by atoms with Crippen LogP contribution < -0.4 is 0 Å². The Morgan fingerprint density at radius 2 is 1.19 bits per heavy atom. The molecule has 2 N–H and O–H groups in total. The normalized spacial score (nSPS) is 13.0. The van der Waals surface area contributed by atoms with Crippen molar-refractivity contribution in [2.24, 2.45) is 22.1 Å². The molecule has 2 aromatic rings. The molecule has 26 heavy (non-hydrogen) atoms. The van der Waals surface area contributed by atoms with E-state index in [0.29, 0.717) is 11.4 Å². The van der Waals surface area contributed by atoms with E-state index in [9.17, 15) is 0 Å². The van der Waals surface area contributed by atoms with Gasteiger partial charge < -0.3 is 10.4 Å². The molecule has 4 nitrogen and oxygen atoms in total. The third-order valence-corrected chi connectivity index (χ3v) is 5.01. The molecule has 0 amide bonds. The van der Waals surface area contributed by atoms with Crippen LogP contribution in [0.15, 0.2) is 57.5 Å². The molecular weight excluding hydrogens is 364 g/mol. The molecule has 0 aliphatic rings. The van der Waals surface area contributed by atoms with Crippen LogP contribution in [-0.2, 0) is 0 Å². The highest BCUT2D eigenvalue weighted by Gasteiger charge is 2.01. The van der Waals surface area contributed by atoms with Crippen LogP contribution in [0.4, 0.5) is 0 Å². The van der Waals surface area contributed by atoms with Crippen LogP contribution in [0.5, 0.6) is 0 Å². The molecule has 0 saturated carbocycles. The van der Waals surface area contributed by atoms with E-state index in [1.807, 2.05) is 87.0 Å². The van der Waals surface area contributed by atoms with E-state index >= 15 is 0 Å². The second-order valence-corrected chi connectivity index (χ2v) is 8.02. The van der Waals surface area contributed by atoms with E-state index < -0.39 is 0 Å². The fourth-order valence-corrected chi connectivity index (χ4v) is 3.03. The van der Waals surface area contributed by atoms with Crippen LogP contribution in [-0.4, -0.2) is 21.8 Å². The summed E-state index contributed by atoms with van der Waals surface area (Å²) in [5, 5.41) is 27.8. The van der Waals surface area contributed by atoms with Gasteiger partial charge in [-0.1, -0.05) is 50.1 Å². The molecule has 0 fully saturated rings. The second-order valence-electron chi connectivity index (χ2n) is 6.06. The van der Waals surface area contributed by atoms with Gasteiger partial charge >= 0.3 is 0 Å². The largest absolute Gasteiger partial charge is 0.411 e. The topological polar surface area (TPSA) is 65.2 Å². The molecule has 0 aromatic carbocycles. The zero-order valence-electron chi connectivity index (χ0n) is 15.5. The maximum atomic E-state index is 8.67. The van der Waals surface area contributed by atoms with Crippen molar-refractivity contribution in [1.82, 2.24) is 0 Å². The van der Waals surface area contributed by atoms with Crippen molar-refractivity contribution in [2.75, 3.05) is 0 Å². The number of hydrogen-bond acceptors (Lipinski definition) is 6. The van der Waals surface area contributed by atoms with Crippen molar-refractivity contribution in [1.29, 1.82) is 0 Å².